The number of unbranched alkanes of at least 4 members (excludes halogenated alkanes) is 1. The summed E-state index contributed by atoms with van der Waals surface area (Å²) in [5, 5.41) is 10.9. The Morgan fingerprint density at radius 1 is 0.870 bits per heavy atom. The summed E-state index contributed by atoms with van der Waals surface area (Å²) in [6.07, 6.45) is 3.57. The molecule has 1 aromatic heterocycles. The van der Waals surface area contributed by atoms with Crippen LogP contribution in [-0.4, -0.2) is 84.2 Å². The van der Waals surface area contributed by atoms with Gasteiger partial charge in [0.05, 0.1) is 32.2 Å². The van der Waals surface area contributed by atoms with Crippen LogP contribution >= 0.6 is 0 Å². The van der Waals surface area contributed by atoms with Crippen molar-refractivity contribution in [1.82, 2.24) is 30.8 Å². The van der Waals surface area contributed by atoms with Crippen molar-refractivity contribution < 1.29 is 38.2 Å². The number of hydrogen-bond donors (Lipinski definition) is 5. The molecule has 1 aliphatic heterocycles. The summed E-state index contributed by atoms with van der Waals surface area (Å²) in [5.41, 5.74) is 3.35. The van der Waals surface area contributed by atoms with Gasteiger partial charge < -0.3 is 45.4 Å². The Bertz CT molecular complexity index is 1710. The van der Waals surface area contributed by atoms with Crippen molar-refractivity contribution in [3.8, 4) is 17.0 Å². The fraction of sp³-hybridized carbons (Fsp3) is 0.487. The average Bonchev–Trinajstić information content (AvgIpc) is 3.86. The molecule has 0 radical (unpaired) electrons. The van der Waals surface area contributed by atoms with E-state index in [1.165, 1.54) is 14.2 Å². The lowest BCUT2D eigenvalue weighted by Gasteiger charge is -2.30. The number of amides is 5. The summed E-state index contributed by atoms with van der Waals surface area (Å²) in [6, 6.07) is 13.5. The first-order chi connectivity index (χ1) is 25.9. The number of nitrogens with one attached hydrogen (secondary N) is 5. The third-order valence-electron chi connectivity index (χ3n) is 9.18. The first-order valence-corrected chi connectivity index (χ1v) is 18.3. The normalized spacial score (nSPS) is 15.0. The molecule has 15 nitrogen and oxygen atoms in total. The number of likely N-dealkylation sites (tertiary alicyclic amines) is 1. The zero-order chi connectivity index (χ0) is 39.2. The number of ether oxygens (including phenoxy) is 3. The van der Waals surface area contributed by atoms with Crippen molar-refractivity contribution in [3.63, 3.8) is 0 Å². The van der Waals surface area contributed by atoms with E-state index in [0.29, 0.717) is 56.2 Å². The Morgan fingerprint density at radius 3 is 2.15 bits per heavy atom. The summed E-state index contributed by atoms with van der Waals surface area (Å²) in [6.45, 7) is 8.75. The second kappa shape index (κ2) is 20.0. The van der Waals surface area contributed by atoms with E-state index in [1.807, 2.05) is 76.2 Å². The van der Waals surface area contributed by atoms with Crippen molar-refractivity contribution in [1.29, 1.82) is 0 Å². The largest absolute Gasteiger partial charge is 0.489 e. The van der Waals surface area contributed by atoms with Gasteiger partial charge in [0.25, 0.3) is 0 Å². The summed E-state index contributed by atoms with van der Waals surface area (Å²) in [7, 11) is 2.52. The molecule has 4 rings (SSSR count). The van der Waals surface area contributed by atoms with Crippen LogP contribution in [0.2, 0.25) is 0 Å². The summed E-state index contributed by atoms with van der Waals surface area (Å²) in [5.74, 6) is 0.603. The lowest BCUT2D eigenvalue weighted by Crippen LogP contribution is -2.51. The molecule has 54 heavy (non-hydrogen) atoms. The van der Waals surface area contributed by atoms with Crippen molar-refractivity contribution in [3.05, 3.63) is 66.1 Å². The third kappa shape index (κ3) is 11.7. The number of carbonyl (C=O) groups is 5. The van der Waals surface area contributed by atoms with E-state index in [2.05, 4.69) is 36.0 Å². The quantitative estimate of drug-likeness (QED) is 0.114. The predicted molar refractivity (Wildman–Crippen MR) is 202 cm³/mol. The molecule has 3 unspecified atom stereocenters. The number of imidazole rings is 1. The maximum Gasteiger partial charge on any atom is 0.407 e. The second-order valence-corrected chi connectivity index (χ2v) is 13.9. The van der Waals surface area contributed by atoms with Gasteiger partial charge in [0.15, 0.2) is 0 Å². The minimum atomic E-state index is -0.698. The molecule has 0 saturated carbocycles. The molecule has 1 fully saturated rings. The highest BCUT2D eigenvalue weighted by molar-refractivity contribution is 5.90. The number of aromatic nitrogens is 2. The molecule has 5 amide bonds. The van der Waals surface area contributed by atoms with Gasteiger partial charge in [-0.15, -0.1) is 0 Å². The van der Waals surface area contributed by atoms with E-state index in [9.17, 15) is 24.0 Å². The van der Waals surface area contributed by atoms with E-state index >= 15 is 0 Å². The van der Waals surface area contributed by atoms with Crippen molar-refractivity contribution in [2.24, 2.45) is 11.8 Å². The van der Waals surface area contributed by atoms with Crippen LogP contribution in [0.3, 0.4) is 0 Å². The Hall–Kier alpha value is -5.60. The predicted octanol–water partition coefficient (Wildman–Crippen LogP) is 5.31. The van der Waals surface area contributed by atoms with Crippen LogP contribution in [-0.2, 0) is 30.5 Å². The van der Waals surface area contributed by atoms with Crippen LogP contribution in [0.1, 0.15) is 77.2 Å². The van der Waals surface area contributed by atoms with Crippen LogP contribution in [0.15, 0.2) is 54.7 Å². The molecule has 0 spiro atoms. The Labute approximate surface area is 316 Å². The van der Waals surface area contributed by atoms with E-state index in [-0.39, 0.29) is 35.6 Å². The maximum atomic E-state index is 13.4. The van der Waals surface area contributed by atoms with Crippen molar-refractivity contribution in [2.75, 3.05) is 32.6 Å². The number of methoxy groups -OCH3 is 2. The minimum Gasteiger partial charge on any atom is -0.489 e. The van der Waals surface area contributed by atoms with E-state index in [0.717, 1.165) is 29.7 Å². The first kappa shape index (κ1) is 41.2. The van der Waals surface area contributed by atoms with Gasteiger partial charge in [0.2, 0.25) is 17.7 Å². The number of alkyl carbamates (subject to hydrolysis) is 2. The van der Waals surface area contributed by atoms with Gasteiger partial charge in [-0.05, 0) is 85.0 Å². The smallest absolute Gasteiger partial charge is 0.407 e. The summed E-state index contributed by atoms with van der Waals surface area (Å²) >= 11 is 0. The number of rotatable bonds is 17. The zero-order valence-electron chi connectivity index (χ0n) is 31.9. The molecule has 5 N–H and O–H groups in total. The van der Waals surface area contributed by atoms with Crippen LogP contribution < -0.4 is 26.0 Å². The molecular weight excluding hydrogens is 694 g/mol. The Kier molecular flexibility index (Phi) is 15.3. The molecule has 0 bridgehead atoms. The molecule has 292 valence electrons. The Balaban J connectivity index is 1.20. The number of carbonyl (C=O) groups excluding carboxylic acids is 5. The number of aromatic amines is 1. The number of H-pyrrole nitrogens is 1. The van der Waals surface area contributed by atoms with Gasteiger partial charge in [0, 0.05) is 25.2 Å². The molecule has 0 aliphatic carbocycles. The fourth-order valence-corrected chi connectivity index (χ4v) is 6.10. The molecule has 3 atom stereocenters. The first-order valence-electron chi connectivity index (χ1n) is 18.3. The maximum absolute atomic E-state index is 13.4. The average molecular weight is 748 g/mol. The topological polar surface area (TPSA) is 193 Å². The van der Waals surface area contributed by atoms with Gasteiger partial charge in [-0.2, -0.15) is 0 Å². The second-order valence-electron chi connectivity index (χ2n) is 13.9. The van der Waals surface area contributed by atoms with Crippen LogP contribution in [0.4, 0.5) is 15.3 Å². The summed E-state index contributed by atoms with van der Waals surface area (Å²) in [4.78, 5) is 71.5. The third-order valence-corrected chi connectivity index (χ3v) is 9.18. The van der Waals surface area contributed by atoms with Crippen molar-refractivity contribution >= 4 is 35.6 Å². The lowest BCUT2D eigenvalue weighted by atomic mass is 10.0. The van der Waals surface area contributed by atoms with Gasteiger partial charge in [0.1, 0.15) is 30.3 Å². The van der Waals surface area contributed by atoms with Crippen LogP contribution in [0.5, 0.6) is 5.75 Å². The fourth-order valence-electron chi connectivity index (χ4n) is 6.10. The van der Waals surface area contributed by atoms with Gasteiger partial charge in [-0.25, -0.2) is 14.6 Å². The highest BCUT2D eigenvalue weighted by atomic mass is 16.5. The van der Waals surface area contributed by atoms with Crippen LogP contribution in [0.25, 0.3) is 11.3 Å². The number of benzene rings is 2. The van der Waals surface area contributed by atoms with E-state index in [4.69, 9.17) is 9.47 Å². The van der Waals surface area contributed by atoms with Crippen molar-refractivity contribution in [2.45, 2.75) is 84.5 Å². The molecular formula is C39H53N7O8. The standard InChI is InChI=1S/C39H53N7O8/c1-24(2)33(44-38(50)52-5)36(48)40-20-8-7-11-32(47)42-28-16-12-26(13-17-28)23-54-29-18-14-27(15-19-29)30-22-41-35(43-30)31-10-9-21-46(31)37(49)34(25(3)4)45-39(51)53-6/h12-19,22,24-25,31,33-34H,7-11,20-21,23H2,1-6H3,(H,40,48)(H,41,43)(H,42,47)(H,44,50)(H,45,51). The zero-order valence-corrected chi connectivity index (χ0v) is 31.9. The molecule has 2 heterocycles. The minimum absolute atomic E-state index is 0.108. The molecule has 15 heteroatoms. The highest BCUT2D eigenvalue weighted by Crippen LogP contribution is 2.33. The number of hydrogen-bond acceptors (Lipinski definition) is 9. The van der Waals surface area contributed by atoms with E-state index < -0.39 is 24.3 Å². The van der Waals surface area contributed by atoms with Gasteiger partial charge >= 0.3 is 12.2 Å². The molecule has 2 aromatic carbocycles. The Morgan fingerprint density at radius 2 is 1.52 bits per heavy atom. The highest BCUT2D eigenvalue weighted by Gasteiger charge is 2.37. The van der Waals surface area contributed by atoms with E-state index in [1.54, 1.807) is 11.1 Å². The monoisotopic (exact) mass is 747 g/mol. The van der Waals surface area contributed by atoms with Gasteiger partial charge in [-0.3, -0.25) is 14.4 Å². The number of nitrogens with zero attached hydrogens (tertiary/aromatic N) is 2. The molecule has 1 aliphatic rings. The lowest BCUT2D eigenvalue weighted by molar-refractivity contribution is -0.135. The molecule has 3 aromatic rings. The SMILES string of the molecule is COC(=O)NC(C(=O)NCCCCC(=O)Nc1ccc(COc2ccc(-c3cnc(C4CCCN4C(=O)C(NC(=O)OC)C(C)C)[nH]3)cc2)cc1)C(C)C. The van der Waals surface area contributed by atoms with Crippen LogP contribution in [0, 0.1) is 11.8 Å². The number of anilines is 1. The molecule has 1 saturated heterocycles. The van der Waals surface area contributed by atoms with Gasteiger partial charge in [-0.1, -0.05) is 39.8 Å². The summed E-state index contributed by atoms with van der Waals surface area (Å²) < 4.78 is 15.3.